The van der Waals surface area contributed by atoms with Gasteiger partial charge in [0.2, 0.25) is 5.78 Å². The van der Waals surface area contributed by atoms with Crippen molar-refractivity contribution in [3.05, 3.63) is 33.8 Å². The number of halogens is 3. The van der Waals surface area contributed by atoms with Gasteiger partial charge < -0.3 is 10.1 Å². The minimum atomic E-state index is -0.275. The summed E-state index contributed by atoms with van der Waals surface area (Å²) in [6.45, 7) is 5.13. The van der Waals surface area contributed by atoms with E-state index in [2.05, 4.69) is 10.2 Å². The maximum Gasteiger partial charge on any atom is 0.221 e. The molecule has 128 valence electrons. The molecule has 1 heterocycles. The number of morpholine rings is 1. The molecular weight excluding hydrogens is 423 g/mol. The first-order chi connectivity index (χ1) is 10.6. The quantitative estimate of drug-likeness (QED) is 0.416. The molecule has 1 aliphatic rings. The molecule has 4 nitrogen and oxygen atoms in total. The van der Waals surface area contributed by atoms with Gasteiger partial charge in [-0.25, -0.2) is 0 Å². The molecule has 1 aromatic carbocycles. The zero-order valence-corrected chi connectivity index (χ0v) is 16.6. The van der Waals surface area contributed by atoms with Gasteiger partial charge in [-0.3, -0.25) is 9.69 Å². The van der Waals surface area contributed by atoms with E-state index >= 15 is 0 Å². The summed E-state index contributed by atoms with van der Waals surface area (Å²) in [6.07, 6.45) is 0.918. The average molecular weight is 442 g/mol. The summed E-state index contributed by atoms with van der Waals surface area (Å²) in [5.74, 6) is -0.275. The molecule has 0 bridgehead atoms. The van der Waals surface area contributed by atoms with Crippen molar-refractivity contribution >= 4 is 63.2 Å². The van der Waals surface area contributed by atoms with E-state index in [1.165, 1.54) is 6.07 Å². The molecule has 0 amide bonds. The maximum absolute atomic E-state index is 12.2. The Labute approximate surface area is 162 Å². The highest BCUT2D eigenvalue weighted by molar-refractivity contribution is 8.93. The van der Waals surface area contributed by atoms with Gasteiger partial charge in [0, 0.05) is 30.2 Å². The van der Waals surface area contributed by atoms with Crippen LogP contribution in [0.15, 0.2) is 18.2 Å². The molecule has 8 heteroatoms. The van der Waals surface area contributed by atoms with Crippen LogP contribution in [-0.2, 0) is 4.74 Å². The third kappa shape index (κ3) is 6.64. The summed E-state index contributed by atoms with van der Waals surface area (Å²) in [5.41, 5.74) is 0.372. The number of nitrogens with zero attached hydrogens (tertiary/aromatic N) is 1. The highest BCUT2D eigenvalue weighted by atomic mass is 79.9. The lowest BCUT2D eigenvalue weighted by molar-refractivity contribution is 0.0376. The van der Waals surface area contributed by atoms with Gasteiger partial charge in [0.15, 0.2) is 0 Å². The Morgan fingerprint density at radius 3 is 2.65 bits per heavy atom. The zero-order chi connectivity index (χ0) is 15.9. The van der Waals surface area contributed by atoms with E-state index in [1.54, 1.807) is 12.1 Å². The Bertz CT molecular complexity index is 554. The minimum Gasteiger partial charge on any atom is -0.379 e. The second-order valence-corrected chi connectivity index (χ2v) is 6.27. The number of Topliss-reactive ketones (excluding diaryl/α,β-unsaturated/α-hetero) is 1. The Kier molecular flexibility index (Phi) is 9.58. The fourth-order valence-electron chi connectivity index (χ4n) is 2.21. The lowest BCUT2D eigenvalue weighted by Crippen LogP contribution is -2.38. The van der Waals surface area contributed by atoms with Gasteiger partial charge in [0.1, 0.15) is 4.99 Å². The molecule has 1 N–H and O–H groups in total. The second-order valence-electron chi connectivity index (χ2n) is 5.02. The molecule has 1 fully saturated rings. The van der Waals surface area contributed by atoms with Gasteiger partial charge in [-0.2, -0.15) is 0 Å². The number of rotatable bonds is 6. The molecule has 0 atom stereocenters. The van der Waals surface area contributed by atoms with Crippen molar-refractivity contribution in [2.45, 2.75) is 6.42 Å². The van der Waals surface area contributed by atoms with Crippen LogP contribution in [0.5, 0.6) is 0 Å². The molecule has 0 radical (unpaired) electrons. The fraction of sp³-hybridized carbons (Fsp3) is 0.467. The lowest BCUT2D eigenvalue weighted by Gasteiger charge is -2.26. The smallest absolute Gasteiger partial charge is 0.221 e. The van der Waals surface area contributed by atoms with E-state index in [0.29, 0.717) is 22.2 Å². The number of thiocarbonyl (C=S) groups is 1. The highest BCUT2D eigenvalue weighted by Gasteiger charge is 2.16. The van der Waals surface area contributed by atoms with Crippen LogP contribution in [0.2, 0.25) is 10.0 Å². The maximum atomic E-state index is 12.2. The number of carbonyl (C=O) groups excluding carboxylic acids is 1. The van der Waals surface area contributed by atoms with Gasteiger partial charge in [-0.15, -0.1) is 17.0 Å². The van der Waals surface area contributed by atoms with E-state index in [9.17, 15) is 4.79 Å². The Hall–Kier alpha value is -0.240. The van der Waals surface area contributed by atoms with Crippen LogP contribution in [0.25, 0.3) is 0 Å². The van der Waals surface area contributed by atoms with Gasteiger partial charge in [0.25, 0.3) is 0 Å². The van der Waals surface area contributed by atoms with E-state index in [4.69, 9.17) is 40.2 Å². The van der Waals surface area contributed by atoms with Gasteiger partial charge in [-0.1, -0.05) is 35.4 Å². The van der Waals surface area contributed by atoms with Crippen LogP contribution in [-0.4, -0.2) is 55.1 Å². The second kappa shape index (κ2) is 10.6. The fourth-order valence-corrected chi connectivity index (χ4v) is 2.91. The summed E-state index contributed by atoms with van der Waals surface area (Å²) >= 11 is 17.0. The molecule has 0 saturated carbocycles. The monoisotopic (exact) mass is 440 g/mol. The first kappa shape index (κ1) is 20.8. The van der Waals surface area contributed by atoms with Crippen molar-refractivity contribution in [1.29, 1.82) is 0 Å². The van der Waals surface area contributed by atoms with Crippen molar-refractivity contribution in [2.24, 2.45) is 0 Å². The predicted molar refractivity (Wildman–Crippen MR) is 104 cm³/mol. The first-order valence-corrected chi connectivity index (χ1v) is 8.32. The summed E-state index contributed by atoms with van der Waals surface area (Å²) in [7, 11) is 0. The number of hydrogen-bond donors (Lipinski definition) is 1. The normalized spacial score (nSPS) is 14.9. The van der Waals surface area contributed by atoms with Crippen LogP contribution in [0.1, 0.15) is 16.8 Å². The van der Waals surface area contributed by atoms with Crippen LogP contribution < -0.4 is 5.32 Å². The summed E-state index contributed by atoms with van der Waals surface area (Å²) in [6, 6.07) is 4.76. The summed E-state index contributed by atoms with van der Waals surface area (Å²) in [4.78, 5) is 14.7. The summed E-state index contributed by atoms with van der Waals surface area (Å²) < 4.78 is 5.30. The van der Waals surface area contributed by atoms with E-state index in [-0.39, 0.29) is 27.8 Å². The van der Waals surface area contributed by atoms with Crippen molar-refractivity contribution in [3.63, 3.8) is 0 Å². The van der Waals surface area contributed by atoms with Crippen LogP contribution in [0.4, 0.5) is 0 Å². The van der Waals surface area contributed by atoms with Gasteiger partial charge in [-0.05, 0) is 31.2 Å². The molecule has 2 rings (SSSR count). The van der Waals surface area contributed by atoms with Crippen LogP contribution >= 0.6 is 52.4 Å². The number of benzene rings is 1. The molecule has 1 saturated heterocycles. The largest absolute Gasteiger partial charge is 0.379 e. The topological polar surface area (TPSA) is 41.6 Å². The SMILES string of the molecule is Br.O=C(C(=S)NCCCN1CCOCC1)c1ccc(Cl)cc1Cl. The van der Waals surface area contributed by atoms with E-state index < -0.39 is 0 Å². The third-order valence-electron chi connectivity index (χ3n) is 3.42. The van der Waals surface area contributed by atoms with Crippen LogP contribution in [0, 0.1) is 0 Å². The number of ketones is 1. The average Bonchev–Trinajstić information content (AvgIpc) is 2.52. The van der Waals surface area contributed by atoms with Crippen LogP contribution in [0.3, 0.4) is 0 Å². The first-order valence-electron chi connectivity index (χ1n) is 7.15. The molecule has 0 unspecified atom stereocenters. The molecule has 0 aliphatic carbocycles. The molecule has 23 heavy (non-hydrogen) atoms. The van der Waals surface area contributed by atoms with Crippen molar-refractivity contribution in [2.75, 3.05) is 39.4 Å². The summed E-state index contributed by atoms with van der Waals surface area (Å²) in [5, 5.41) is 3.80. The van der Waals surface area contributed by atoms with Gasteiger partial charge >= 0.3 is 0 Å². The molecule has 1 aliphatic heterocycles. The van der Waals surface area contributed by atoms with Crippen molar-refractivity contribution in [3.8, 4) is 0 Å². The number of carbonyl (C=O) groups is 1. The van der Waals surface area contributed by atoms with E-state index in [1.807, 2.05) is 0 Å². The third-order valence-corrected chi connectivity index (χ3v) is 4.30. The molecule has 0 aromatic heterocycles. The van der Waals surface area contributed by atoms with E-state index in [0.717, 1.165) is 39.3 Å². The van der Waals surface area contributed by atoms with Crippen molar-refractivity contribution < 1.29 is 9.53 Å². The standard InChI is InChI=1S/C15H18Cl2N2O2S.BrH/c16-11-2-3-12(13(17)10-11)14(20)15(22)18-4-1-5-19-6-8-21-9-7-19;/h2-3,10H,1,4-9H2,(H,18,22);1H. The highest BCUT2D eigenvalue weighted by Crippen LogP contribution is 2.21. The molecule has 0 spiro atoms. The Morgan fingerprint density at radius 1 is 1.30 bits per heavy atom. The number of nitrogens with one attached hydrogen (secondary N) is 1. The molecule has 1 aromatic rings. The van der Waals surface area contributed by atoms with Gasteiger partial charge in [0.05, 0.1) is 18.2 Å². The van der Waals surface area contributed by atoms with Crippen molar-refractivity contribution in [1.82, 2.24) is 10.2 Å². The number of ether oxygens (including phenoxy) is 1. The lowest BCUT2D eigenvalue weighted by atomic mass is 10.1. The molecular formula is C15H19BrCl2N2O2S. The predicted octanol–water partition coefficient (Wildman–Crippen LogP) is 3.39. The zero-order valence-electron chi connectivity index (χ0n) is 12.5. The Balaban J connectivity index is 0.00000264. The minimum absolute atomic E-state index is 0. The Morgan fingerprint density at radius 2 is 2.00 bits per heavy atom. The number of hydrogen-bond acceptors (Lipinski definition) is 4.